The van der Waals surface area contributed by atoms with Crippen LogP contribution in [0.3, 0.4) is 0 Å². The summed E-state index contributed by atoms with van der Waals surface area (Å²) in [4.78, 5) is 30.5. The van der Waals surface area contributed by atoms with Gasteiger partial charge in [-0.1, -0.05) is 18.2 Å². The van der Waals surface area contributed by atoms with Crippen molar-refractivity contribution in [2.45, 2.75) is 6.92 Å². The molecular weight excluding hydrogens is 308 g/mol. The van der Waals surface area contributed by atoms with Crippen LogP contribution in [-0.4, -0.2) is 46.9 Å². The fourth-order valence-electron chi connectivity index (χ4n) is 2.82. The predicted octanol–water partition coefficient (Wildman–Crippen LogP) is 2.26. The van der Waals surface area contributed by atoms with E-state index >= 15 is 0 Å². The Kier molecular flexibility index (Phi) is 4.41. The first-order chi connectivity index (χ1) is 11.6. The summed E-state index contributed by atoms with van der Waals surface area (Å²) in [6, 6.07) is 10.7. The average molecular weight is 326 g/mol. The minimum absolute atomic E-state index is 0.0505. The lowest BCUT2D eigenvalue weighted by atomic mass is 10.1. The summed E-state index contributed by atoms with van der Waals surface area (Å²) in [5, 5.41) is 10.7. The number of piperazine rings is 1. The molecule has 0 radical (unpaired) electrons. The van der Waals surface area contributed by atoms with Crippen LogP contribution in [0.15, 0.2) is 42.6 Å². The standard InChI is InChI=1S/C17H18N4O3/c1-13-4-2-3-5-15(13)17(22)20-10-8-19(9-11-20)14-6-7-16(18-12-14)21(23)24/h2-7,12H,8-11H2,1H3. The van der Waals surface area contributed by atoms with E-state index in [0.29, 0.717) is 26.2 Å². The van der Waals surface area contributed by atoms with Crippen LogP contribution in [-0.2, 0) is 0 Å². The van der Waals surface area contributed by atoms with Gasteiger partial charge >= 0.3 is 5.82 Å². The van der Waals surface area contributed by atoms with Crippen LogP contribution in [0.4, 0.5) is 11.5 Å². The van der Waals surface area contributed by atoms with Crippen molar-refractivity contribution >= 4 is 17.4 Å². The molecule has 1 amide bonds. The number of nitro groups is 1. The highest BCUT2D eigenvalue weighted by atomic mass is 16.6. The molecule has 1 aliphatic rings. The number of hydrogen-bond donors (Lipinski definition) is 0. The van der Waals surface area contributed by atoms with Crippen molar-refractivity contribution < 1.29 is 9.72 Å². The Morgan fingerprint density at radius 1 is 1.12 bits per heavy atom. The molecule has 0 aliphatic carbocycles. The molecule has 24 heavy (non-hydrogen) atoms. The van der Waals surface area contributed by atoms with E-state index in [0.717, 1.165) is 16.8 Å². The molecule has 1 aromatic heterocycles. The zero-order valence-electron chi connectivity index (χ0n) is 13.4. The van der Waals surface area contributed by atoms with Crippen molar-refractivity contribution in [1.29, 1.82) is 0 Å². The normalized spacial score (nSPS) is 14.5. The third-order valence-corrected chi connectivity index (χ3v) is 4.23. The molecule has 0 spiro atoms. The van der Waals surface area contributed by atoms with Crippen LogP contribution in [0.5, 0.6) is 0 Å². The third-order valence-electron chi connectivity index (χ3n) is 4.23. The van der Waals surface area contributed by atoms with Gasteiger partial charge in [0, 0.05) is 37.8 Å². The highest BCUT2D eigenvalue weighted by Gasteiger charge is 2.24. The van der Waals surface area contributed by atoms with E-state index in [-0.39, 0.29) is 11.7 Å². The monoisotopic (exact) mass is 326 g/mol. The van der Waals surface area contributed by atoms with E-state index in [1.807, 2.05) is 36.1 Å². The maximum atomic E-state index is 12.6. The second-order valence-corrected chi connectivity index (χ2v) is 5.73. The lowest BCUT2D eigenvalue weighted by Gasteiger charge is -2.35. The highest BCUT2D eigenvalue weighted by molar-refractivity contribution is 5.95. The fourth-order valence-corrected chi connectivity index (χ4v) is 2.82. The maximum absolute atomic E-state index is 12.6. The number of pyridine rings is 1. The summed E-state index contributed by atoms with van der Waals surface area (Å²) < 4.78 is 0. The van der Waals surface area contributed by atoms with Gasteiger partial charge in [0.2, 0.25) is 0 Å². The Morgan fingerprint density at radius 3 is 2.42 bits per heavy atom. The highest BCUT2D eigenvalue weighted by Crippen LogP contribution is 2.19. The van der Waals surface area contributed by atoms with E-state index in [2.05, 4.69) is 9.88 Å². The lowest BCUT2D eigenvalue weighted by Crippen LogP contribution is -2.49. The topological polar surface area (TPSA) is 79.6 Å². The molecule has 3 rings (SSSR count). The SMILES string of the molecule is Cc1ccccc1C(=O)N1CCN(c2ccc([N+](=O)[O-])nc2)CC1. The van der Waals surface area contributed by atoms with E-state index in [1.165, 1.54) is 12.3 Å². The zero-order valence-corrected chi connectivity index (χ0v) is 13.4. The number of carbonyl (C=O) groups excluding carboxylic acids is 1. The number of aromatic nitrogens is 1. The minimum atomic E-state index is -0.511. The fraction of sp³-hybridized carbons (Fsp3) is 0.294. The van der Waals surface area contributed by atoms with Gasteiger partial charge in [0.1, 0.15) is 0 Å². The predicted molar refractivity (Wildman–Crippen MR) is 90.2 cm³/mol. The Hall–Kier alpha value is -2.96. The van der Waals surface area contributed by atoms with E-state index in [9.17, 15) is 14.9 Å². The second kappa shape index (κ2) is 6.66. The van der Waals surface area contributed by atoms with Crippen LogP contribution in [0.1, 0.15) is 15.9 Å². The first-order valence-corrected chi connectivity index (χ1v) is 7.76. The van der Waals surface area contributed by atoms with Crippen LogP contribution in [0.25, 0.3) is 0 Å². The number of hydrogen-bond acceptors (Lipinski definition) is 5. The van der Waals surface area contributed by atoms with Gasteiger partial charge in [0.15, 0.2) is 6.20 Å². The van der Waals surface area contributed by atoms with Gasteiger partial charge in [-0.25, -0.2) is 0 Å². The summed E-state index contributed by atoms with van der Waals surface area (Å²) in [6.45, 7) is 4.52. The first kappa shape index (κ1) is 15.9. The zero-order chi connectivity index (χ0) is 17.1. The summed E-state index contributed by atoms with van der Waals surface area (Å²) in [6.07, 6.45) is 1.51. The maximum Gasteiger partial charge on any atom is 0.363 e. The van der Waals surface area contributed by atoms with Gasteiger partial charge < -0.3 is 19.9 Å². The lowest BCUT2D eigenvalue weighted by molar-refractivity contribution is -0.389. The molecule has 0 saturated carbocycles. The molecule has 1 saturated heterocycles. The molecule has 1 fully saturated rings. The van der Waals surface area contributed by atoms with Crippen LogP contribution in [0.2, 0.25) is 0 Å². The number of amides is 1. The Morgan fingerprint density at radius 2 is 1.83 bits per heavy atom. The van der Waals surface area contributed by atoms with Crippen LogP contribution >= 0.6 is 0 Å². The smallest absolute Gasteiger partial charge is 0.363 e. The quantitative estimate of drug-likeness (QED) is 0.638. The molecule has 0 N–H and O–H groups in total. The van der Waals surface area contributed by atoms with E-state index in [4.69, 9.17) is 0 Å². The van der Waals surface area contributed by atoms with Gasteiger partial charge in [0.05, 0.1) is 5.69 Å². The van der Waals surface area contributed by atoms with Crippen molar-refractivity contribution in [3.8, 4) is 0 Å². The number of anilines is 1. The van der Waals surface area contributed by atoms with Gasteiger partial charge in [-0.15, -0.1) is 0 Å². The summed E-state index contributed by atoms with van der Waals surface area (Å²) in [5.74, 6) is -0.110. The van der Waals surface area contributed by atoms with Crippen molar-refractivity contribution in [1.82, 2.24) is 9.88 Å². The molecule has 0 atom stereocenters. The largest absolute Gasteiger partial charge is 0.365 e. The number of rotatable bonds is 3. The summed E-state index contributed by atoms with van der Waals surface area (Å²) in [7, 11) is 0. The van der Waals surface area contributed by atoms with Gasteiger partial charge in [-0.05, 0) is 34.5 Å². The molecule has 7 nitrogen and oxygen atoms in total. The molecule has 1 aromatic carbocycles. The Balaban J connectivity index is 1.64. The minimum Gasteiger partial charge on any atom is -0.365 e. The van der Waals surface area contributed by atoms with E-state index in [1.54, 1.807) is 6.07 Å². The molecule has 124 valence electrons. The Bertz CT molecular complexity index is 753. The summed E-state index contributed by atoms with van der Waals surface area (Å²) in [5.41, 5.74) is 2.55. The molecule has 2 aromatic rings. The third kappa shape index (κ3) is 3.19. The van der Waals surface area contributed by atoms with Gasteiger partial charge in [-0.2, -0.15) is 0 Å². The second-order valence-electron chi connectivity index (χ2n) is 5.73. The number of nitrogens with zero attached hydrogens (tertiary/aromatic N) is 4. The number of benzene rings is 1. The molecule has 7 heteroatoms. The molecule has 0 unspecified atom stereocenters. The van der Waals surface area contributed by atoms with Crippen molar-refractivity contribution in [2.24, 2.45) is 0 Å². The van der Waals surface area contributed by atoms with E-state index < -0.39 is 4.92 Å². The summed E-state index contributed by atoms with van der Waals surface area (Å²) >= 11 is 0. The van der Waals surface area contributed by atoms with Crippen LogP contribution in [0, 0.1) is 17.0 Å². The molecular formula is C17H18N4O3. The molecule has 2 heterocycles. The average Bonchev–Trinajstić information content (AvgIpc) is 2.62. The van der Waals surface area contributed by atoms with Gasteiger partial charge in [-0.3, -0.25) is 4.79 Å². The van der Waals surface area contributed by atoms with Gasteiger partial charge in [0.25, 0.3) is 5.91 Å². The van der Waals surface area contributed by atoms with Crippen molar-refractivity contribution in [3.63, 3.8) is 0 Å². The van der Waals surface area contributed by atoms with Crippen LogP contribution < -0.4 is 4.90 Å². The molecule has 0 bridgehead atoms. The Labute approximate surface area is 139 Å². The van der Waals surface area contributed by atoms with Crippen molar-refractivity contribution in [3.05, 3.63) is 63.8 Å². The first-order valence-electron chi connectivity index (χ1n) is 7.76. The number of aryl methyl sites for hydroxylation is 1. The number of carbonyl (C=O) groups is 1. The molecule has 1 aliphatic heterocycles. The van der Waals surface area contributed by atoms with Crippen molar-refractivity contribution in [2.75, 3.05) is 31.1 Å².